The van der Waals surface area contributed by atoms with Crippen LogP contribution in [-0.2, 0) is 12.6 Å². The molecule has 0 aromatic heterocycles. The van der Waals surface area contributed by atoms with Crippen LogP contribution in [0.4, 0.5) is 0 Å². The fraction of sp³-hybridized carbons (Fsp3) is 0.333. The van der Waals surface area contributed by atoms with Crippen LogP contribution in [0.1, 0.15) is 13.8 Å². The number of benzene rings is 1. The van der Waals surface area contributed by atoms with Gasteiger partial charge in [-0.05, 0) is 26.0 Å². The van der Waals surface area contributed by atoms with Crippen molar-refractivity contribution in [3.05, 3.63) is 24.3 Å². The molecule has 0 bridgehead atoms. The van der Waals surface area contributed by atoms with Crippen LogP contribution in [0, 0.1) is 0 Å². The lowest BCUT2D eigenvalue weighted by molar-refractivity contribution is 0.242. The predicted octanol–water partition coefficient (Wildman–Crippen LogP) is 2.38. The average molecular weight is 167 g/mol. The van der Waals surface area contributed by atoms with E-state index in [1.54, 1.807) is 0 Å². The first-order valence-corrected chi connectivity index (χ1v) is 4.03. The number of rotatable bonds is 2. The maximum Gasteiger partial charge on any atom is 0.118 e. The quantitative estimate of drug-likeness (QED) is 0.625. The summed E-state index contributed by atoms with van der Waals surface area (Å²) in [6, 6.07) is 7.55. The van der Waals surface area contributed by atoms with Gasteiger partial charge in [0.05, 0.1) is 6.10 Å². The zero-order valence-corrected chi connectivity index (χ0v) is 7.52. The summed E-state index contributed by atoms with van der Waals surface area (Å²) < 4.78 is 5.43. The molecule has 0 aliphatic carbocycles. The topological polar surface area (TPSA) is 9.23 Å². The predicted molar refractivity (Wildman–Crippen MR) is 47.8 cm³/mol. The van der Waals surface area contributed by atoms with Crippen molar-refractivity contribution in [2.75, 3.05) is 0 Å². The third kappa shape index (κ3) is 2.76. The van der Waals surface area contributed by atoms with E-state index < -0.39 is 0 Å². The van der Waals surface area contributed by atoms with Gasteiger partial charge in [0.25, 0.3) is 0 Å². The van der Waals surface area contributed by atoms with Crippen LogP contribution in [0.15, 0.2) is 29.2 Å². The van der Waals surface area contributed by atoms with E-state index in [4.69, 9.17) is 17.4 Å². The first-order chi connectivity index (χ1) is 5.18. The molecule has 0 aliphatic rings. The molecule has 1 aromatic rings. The van der Waals surface area contributed by atoms with Crippen molar-refractivity contribution in [1.29, 1.82) is 0 Å². The summed E-state index contributed by atoms with van der Waals surface area (Å²) in [7, 11) is 0. The van der Waals surface area contributed by atoms with Crippen molar-refractivity contribution in [2.45, 2.75) is 24.8 Å². The lowest BCUT2D eigenvalue weighted by atomic mass is 10.3. The van der Waals surface area contributed by atoms with Crippen molar-refractivity contribution >= 4 is 12.6 Å². The summed E-state index contributed by atoms with van der Waals surface area (Å²) in [5.74, 6) is 0.854. The molecule has 1 aromatic carbocycles. The minimum Gasteiger partial charge on any atom is -0.780 e. The Bertz CT molecular complexity index is 233. The van der Waals surface area contributed by atoms with E-state index in [0.717, 1.165) is 10.6 Å². The van der Waals surface area contributed by atoms with Crippen molar-refractivity contribution in [3.8, 4) is 5.75 Å². The highest BCUT2D eigenvalue weighted by molar-refractivity contribution is 7.58. The average Bonchev–Trinajstić information content (AvgIpc) is 1.85. The second-order valence-electron chi connectivity index (χ2n) is 2.64. The Morgan fingerprint density at radius 3 is 2.64 bits per heavy atom. The molecule has 0 aliphatic heterocycles. The van der Waals surface area contributed by atoms with Gasteiger partial charge in [0.1, 0.15) is 5.75 Å². The van der Waals surface area contributed by atoms with E-state index in [1.165, 1.54) is 0 Å². The zero-order chi connectivity index (χ0) is 8.27. The third-order valence-corrected chi connectivity index (χ3v) is 1.43. The summed E-state index contributed by atoms with van der Waals surface area (Å²) in [6.07, 6.45) is 0.215. The normalized spacial score (nSPS) is 10.1. The first kappa shape index (κ1) is 8.34. The molecule has 0 fully saturated rings. The van der Waals surface area contributed by atoms with Crippen molar-refractivity contribution in [3.63, 3.8) is 0 Å². The molecule has 11 heavy (non-hydrogen) atoms. The third-order valence-electron chi connectivity index (χ3n) is 1.18. The maximum absolute atomic E-state index is 5.43. The molecule has 0 amide bonds. The summed E-state index contributed by atoms with van der Waals surface area (Å²) in [5.41, 5.74) is 0. The van der Waals surface area contributed by atoms with Gasteiger partial charge < -0.3 is 17.4 Å². The highest BCUT2D eigenvalue weighted by atomic mass is 32.1. The Balaban J connectivity index is 2.71. The fourth-order valence-corrected chi connectivity index (χ4v) is 1.01. The molecule has 0 spiro atoms. The van der Waals surface area contributed by atoms with Crippen LogP contribution in [0.5, 0.6) is 5.75 Å². The van der Waals surface area contributed by atoms with Crippen LogP contribution < -0.4 is 4.74 Å². The summed E-state index contributed by atoms with van der Waals surface area (Å²) in [4.78, 5) is 0.822. The molecule has 0 atom stereocenters. The van der Waals surface area contributed by atoms with Gasteiger partial charge in [-0.15, -0.1) is 0 Å². The number of hydrogen-bond donors (Lipinski definition) is 0. The lowest BCUT2D eigenvalue weighted by Crippen LogP contribution is -2.05. The van der Waals surface area contributed by atoms with Gasteiger partial charge in [0.2, 0.25) is 0 Å². The second kappa shape index (κ2) is 3.58. The molecule has 0 heterocycles. The molecule has 0 unspecified atom stereocenters. The van der Waals surface area contributed by atoms with E-state index in [9.17, 15) is 0 Å². The molecule has 1 nitrogen and oxygen atoms in total. The van der Waals surface area contributed by atoms with Crippen molar-refractivity contribution in [2.24, 2.45) is 0 Å². The SMILES string of the molecule is CC(C)Oc1cccc([S-])c1. The van der Waals surface area contributed by atoms with Gasteiger partial charge in [0, 0.05) is 0 Å². The van der Waals surface area contributed by atoms with E-state index in [2.05, 4.69) is 0 Å². The van der Waals surface area contributed by atoms with Gasteiger partial charge >= 0.3 is 0 Å². The Kier molecular flexibility index (Phi) is 2.71. The summed E-state index contributed by atoms with van der Waals surface area (Å²) >= 11 is 4.97. The molecule has 60 valence electrons. The van der Waals surface area contributed by atoms with E-state index >= 15 is 0 Å². The van der Waals surface area contributed by atoms with Gasteiger partial charge in [-0.25, -0.2) is 0 Å². The molecule has 0 saturated carbocycles. The molecular weight excluding hydrogens is 156 g/mol. The Hall–Kier alpha value is -0.760. The van der Waals surface area contributed by atoms with Crippen LogP contribution in [0.3, 0.4) is 0 Å². The summed E-state index contributed by atoms with van der Waals surface area (Å²) in [6.45, 7) is 3.99. The summed E-state index contributed by atoms with van der Waals surface area (Å²) in [5, 5.41) is 0. The first-order valence-electron chi connectivity index (χ1n) is 3.62. The van der Waals surface area contributed by atoms with E-state index in [-0.39, 0.29) is 6.10 Å². The van der Waals surface area contributed by atoms with Crippen molar-refractivity contribution < 1.29 is 4.74 Å². The van der Waals surface area contributed by atoms with Crippen LogP contribution in [0.25, 0.3) is 0 Å². The Morgan fingerprint density at radius 2 is 2.09 bits per heavy atom. The monoisotopic (exact) mass is 167 g/mol. The van der Waals surface area contributed by atoms with Gasteiger partial charge in [-0.3, -0.25) is 0 Å². The standard InChI is InChI=1S/C9H12OS/c1-7(2)10-8-4-3-5-9(11)6-8/h3-7,11H,1-2H3/p-1. The molecule has 0 saturated heterocycles. The van der Waals surface area contributed by atoms with Crippen LogP contribution in [0.2, 0.25) is 0 Å². The Labute approximate surface area is 72.8 Å². The molecule has 0 N–H and O–H groups in total. The number of ether oxygens (including phenoxy) is 1. The largest absolute Gasteiger partial charge is 0.780 e. The zero-order valence-electron chi connectivity index (χ0n) is 6.70. The molecule has 1 rings (SSSR count). The fourth-order valence-electron chi connectivity index (χ4n) is 0.820. The highest BCUT2D eigenvalue weighted by Crippen LogP contribution is 2.13. The minimum atomic E-state index is 0.215. The van der Waals surface area contributed by atoms with E-state index in [1.807, 2.05) is 38.1 Å². The smallest absolute Gasteiger partial charge is 0.118 e. The molecular formula is C9H11OS-. The molecule has 0 radical (unpaired) electrons. The van der Waals surface area contributed by atoms with E-state index in [0.29, 0.717) is 0 Å². The van der Waals surface area contributed by atoms with Crippen LogP contribution >= 0.6 is 0 Å². The molecule has 2 heteroatoms. The van der Waals surface area contributed by atoms with Gasteiger partial charge in [-0.1, -0.05) is 12.1 Å². The lowest BCUT2D eigenvalue weighted by Gasteiger charge is -2.12. The Morgan fingerprint density at radius 1 is 1.36 bits per heavy atom. The van der Waals surface area contributed by atoms with Gasteiger partial charge in [0.15, 0.2) is 0 Å². The number of hydrogen-bond acceptors (Lipinski definition) is 2. The van der Waals surface area contributed by atoms with Crippen LogP contribution in [-0.4, -0.2) is 6.10 Å². The van der Waals surface area contributed by atoms with Gasteiger partial charge in [-0.2, -0.15) is 4.90 Å². The highest BCUT2D eigenvalue weighted by Gasteiger charge is 1.93. The van der Waals surface area contributed by atoms with Crippen molar-refractivity contribution in [1.82, 2.24) is 0 Å². The maximum atomic E-state index is 5.43. The minimum absolute atomic E-state index is 0.215. The second-order valence-corrected chi connectivity index (χ2v) is 3.11.